The molecular formula is C28H33F5N6O4S. The lowest BCUT2D eigenvalue weighted by molar-refractivity contribution is -0.174. The molecule has 1 aliphatic carbocycles. The van der Waals surface area contributed by atoms with E-state index in [1.807, 2.05) is 0 Å². The lowest BCUT2D eigenvalue weighted by Crippen LogP contribution is -2.63. The monoisotopic (exact) mass is 644 g/mol. The van der Waals surface area contributed by atoms with Crippen molar-refractivity contribution in [2.75, 3.05) is 26.3 Å². The zero-order valence-electron chi connectivity index (χ0n) is 24.2. The zero-order chi connectivity index (χ0) is 31.8. The van der Waals surface area contributed by atoms with E-state index < -0.39 is 76.8 Å². The van der Waals surface area contributed by atoms with Crippen LogP contribution in [0.25, 0.3) is 11.0 Å². The first kappa shape index (κ1) is 30.9. The number of aryl methyl sites for hydroxylation is 1. The number of H-pyrrole nitrogens is 1. The summed E-state index contributed by atoms with van der Waals surface area (Å²) in [7, 11) is -2.77. The standard InChI is InChI=1S/C28H33F5N6O4S/c1-15-23(44(34,41)42)22(37-38(15)2)19(16-5-7-27(30,31)8-6-16)24-35-18-4-3-17(20(29)21(18)36-24)26(9-11-43-12-10-26)25(40)39-13-28(32,33)14-39/h3-4,16,19H,5-14H2,1-2H3,(H,35,36)(H2,34,41,42)/t19-/m0/s1. The fourth-order valence-electron chi connectivity index (χ4n) is 7.00. The molecule has 1 aromatic carbocycles. The number of nitrogens with zero attached hydrogens (tertiary/aromatic N) is 4. The summed E-state index contributed by atoms with van der Waals surface area (Å²) in [6.07, 6.45) is -0.632. The molecule has 1 amide bonds. The van der Waals surface area contributed by atoms with Gasteiger partial charge >= 0.3 is 0 Å². The molecule has 3 N–H and O–H groups in total. The van der Waals surface area contributed by atoms with Crippen molar-refractivity contribution in [1.82, 2.24) is 24.6 Å². The van der Waals surface area contributed by atoms with Crippen molar-refractivity contribution >= 4 is 27.0 Å². The van der Waals surface area contributed by atoms with Crippen LogP contribution in [-0.4, -0.2) is 77.1 Å². The SMILES string of the molecule is Cc1c(S(N)(=O)=O)c([C@@H](c2nc3c(F)c(C4(C(=O)N5CC(F)(F)C5)CCOCC4)ccc3[nH]2)C2CCC(F)(F)CC2)nn1C. The summed E-state index contributed by atoms with van der Waals surface area (Å²) in [6.45, 7) is 0.281. The number of rotatable bonds is 6. The third-order valence-corrected chi connectivity index (χ3v) is 10.5. The van der Waals surface area contributed by atoms with E-state index in [-0.39, 0.29) is 77.6 Å². The summed E-state index contributed by atoms with van der Waals surface area (Å²) in [4.78, 5) is 22.0. The van der Waals surface area contributed by atoms with Crippen molar-refractivity contribution in [3.63, 3.8) is 0 Å². The van der Waals surface area contributed by atoms with Gasteiger partial charge in [-0.1, -0.05) is 6.07 Å². The fourth-order valence-corrected chi connectivity index (χ4v) is 8.00. The molecule has 3 aromatic rings. The van der Waals surface area contributed by atoms with Crippen LogP contribution in [-0.2, 0) is 32.0 Å². The number of nitrogens with one attached hydrogen (secondary N) is 1. The van der Waals surface area contributed by atoms with E-state index in [2.05, 4.69) is 15.1 Å². The van der Waals surface area contributed by atoms with Gasteiger partial charge in [-0.05, 0) is 44.6 Å². The van der Waals surface area contributed by atoms with E-state index >= 15 is 4.39 Å². The number of benzene rings is 1. The number of aromatic amines is 1. The van der Waals surface area contributed by atoms with Crippen LogP contribution in [0.15, 0.2) is 17.0 Å². The van der Waals surface area contributed by atoms with Gasteiger partial charge in [0.2, 0.25) is 21.9 Å². The number of sulfonamides is 1. The molecule has 0 bridgehead atoms. The van der Waals surface area contributed by atoms with E-state index in [0.29, 0.717) is 0 Å². The van der Waals surface area contributed by atoms with Crippen molar-refractivity contribution in [2.45, 2.75) is 73.5 Å². The maximum absolute atomic E-state index is 16.5. The van der Waals surface area contributed by atoms with Crippen LogP contribution in [0.4, 0.5) is 22.0 Å². The van der Waals surface area contributed by atoms with Crippen molar-refractivity contribution in [1.29, 1.82) is 0 Å². The Labute approximate surface area is 250 Å². The minimum atomic E-state index is -4.30. The lowest BCUT2D eigenvalue weighted by Gasteiger charge is -2.46. The normalized spacial score (nSPS) is 22.6. The van der Waals surface area contributed by atoms with Crippen LogP contribution >= 0.6 is 0 Å². The Morgan fingerprint density at radius 3 is 2.32 bits per heavy atom. The van der Waals surface area contributed by atoms with E-state index in [0.717, 1.165) is 4.90 Å². The molecule has 44 heavy (non-hydrogen) atoms. The highest BCUT2D eigenvalue weighted by molar-refractivity contribution is 7.89. The number of amides is 1. The number of alkyl halides is 4. The Morgan fingerprint density at radius 1 is 1.09 bits per heavy atom. The fraction of sp³-hybridized carbons (Fsp3) is 0.607. The predicted molar refractivity (Wildman–Crippen MR) is 147 cm³/mol. The topological polar surface area (TPSA) is 136 Å². The second-order valence-electron chi connectivity index (χ2n) is 12.3. The number of nitrogens with two attached hydrogens (primary N) is 1. The lowest BCUT2D eigenvalue weighted by atomic mass is 9.72. The summed E-state index contributed by atoms with van der Waals surface area (Å²) >= 11 is 0. The summed E-state index contributed by atoms with van der Waals surface area (Å²) in [5.74, 6) is -8.67. The second kappa shape index (κ2) is 10.5. The molecule has 3 fully saturated rings. The Balaban J connectivity index is 1.47. The molecule has 4 heterocycles. The van der Waals surface area contributed by atoms with Crippen molar-refractivity contribution in [2.24, 2.45) is 18.1 Å². The van der Waals surface area contributed by atoms with Gasteiger partial charge in [-0.2, -0.15) is 5.10 Å². The highest BCUT2D eigenvalue weighted by Gasteiger charge is 2.54. The molecule has 2 saturated heterocycles. The van der Waals surface area contributed by atoms with Gasteiger partial charge in [0, 0.05) is 38.7 Å². The number of carbonyl (C=O) groups excluding carboxylic acids is 1. The van der Waals surface area contributed by atoms with E-state index in [1.54, 1.807) is 0 Å². The van der Waals surface area contributed by atoms with Gasteiger partial charge in [0.15, 0.2) is 5.82 Å². The van der Waals surface area contributed by atoms with Gasteiger partial charge in [-0.25, -0.2) is 40.5 Å². The minimum absolute atomic E-state index is 0.000620. The molecule has 240 valence electrons. The maximum Gasteiger partial charge on any atom is 0.282 e. The number of ether oxygens (including phenoxy) is 1. The molecule has 10 nitrogen and oxygen atoms in total. The van der Waals surface area contributed by atoms with Crippen molar-refractivity contribution in [3.8, 4) is 0 Å². The second-order valence-corrected chi connectivity index (χ2v) is 13.8. The average molecular weight is 645 g/mol. The van der Waals surface area contributed by atoms with Crippen LogP contribution in [0.3, 0.4) is 0 Å². The first-order valence-electron chi connectivity index (χ1n) is 14.4. The Morgan fingerprint density at radius 2 is 1.73 bits per heavy atom. The van der Waals surface area contributed by atoms with E-state index in [1.165, 1.54) is 30.8 Å². The smallest absolute Gasteiger partial charge is 0.282 e. The molecule has 0 unspecified atom stereocenters. The first-order valence-corrected chi connectivity index (χ1v) is 16.0. The van der Waals surface area contributed by atoms with Crippen LogP contribution in [0, 0.1) is 18.7 Å². The number of hydrogen-bond donors (Lipinski definition) is 2. The molecular weight excluding hydrogens is 611 g/mol. The van der Waals surface area contributed by atoms with E-state index in [4.69, 9.17) is 9.88 Å². The summed E-state index contributed by atoms with van der Waals surface area (Å²) in [6, 6.07) is 2.95. The molecule has 2 aliphatic heterocycles. The Kier molecular flexibility index (Phi) is 7.36. The average Bonchev–Trinajstić information content (AvgIpc) is 3.49. The number of hydrogen-bond acceptors (Lipinski definition) is 6. The number of fused-ring (bicyclic) bond motifs is 1. The maximum atomic E-state index is 16.5. The quantitative estimate of drug-likeness (QED) is 0.391. The van der Waals surface area contributed by atoms with Crippen LogP contribution in [0.5, 0.6) is 0 Å². The highest BCUT2D eigenvalue weighted by Crippen LogP contribution is 2.47. The zero-order valence-corrected chi connectivity index (χ0v) is 25.0. The largest absolute Gasteiger partial charge is 0.381 e. The number of imidazole rings is 1. The molecule has 6 rings (SSSR count). The van der Waals surface area contributed by atoms with Gasteiger partial charge in [-0.15, -0.1) is 0 Å². The molecule has 0 spiro atoms. The number of carbonyl (C=O) groups is 1. The number of primary sulfonamides is 1. The van der Waals surface area contributed by atoms with Gasteiger partial charge in [0.1, 0.15) is 16.2 Å². The van der Waals surface area contributed by atoms with Crippen LogP contribution in [0.2, 0.25) is 0 Å². The minimum Gasteiger partial charge on any atom is -0.381 e. The van der Waals surface area contributed by atoms with Gasteiger partial charge in [-0.3, -0.25) is 9.48 Å². The van der Waals surface area contributed by atoms with Gasteiger partial charge in [0.05, 0.1) is 41.3 Å². The van der Waals surface area contributed by atoms with Crippen molar-refractivity contribution < 1.29 is 39.9 Å². The van der Waals surface area contributed by atoms with Crippen molar-refractivity contribution in [3.05, 3.63) is 40.7 Å². The molecule has 0 radical (unpaired) electrons. The molecule has 1 saturated carbocycles. The molecule has 3 aliphatic rings. The molecule has 1 atom stereocenters. The van der Waals surface area contributed by atoms with E-state index in [9.17, 15) is 30.8 Å². The summed E-state index contributed by atoms with van der Waals surface area (Å²) in [5, 5.41) is 10.00. The first-order chi connectivity index (χ1) is 20.5. The predicted octanol–water partition coefficient (Wildman–Crippen LogP) is 3.87. The van der Waals surface area contributed by atoms with Gasteiger partial charge < -0.3 is 14.6 Å². The molecule has 2 aromatic heterocycles. The Bertz CT molecular complexity index is 1720. The van der Waals surface area contributed by atoms with Gasteiger partial charge in [0.25, 0.3) is 5.92 Å². The number of likely N-dealkylation sites (tertiary alicyclic amines) is 1. The molecule has 16 heteroatoms. The third kappa shape index (κ3) is 5.17. The number of halogens is 5. The number of aromatic nitrogens is 4. The third-order valence-electron chi connectivity index (χ3n) is 9.43. The van der Waals surface area contributed by atoms with Crippen LogP contribution < -0.4 is 5.14 Å². The summed E-state index contributed by atoms with van der Waals surface area (Å²) in [5.41, 5.74) is -1.10. The highest BCUT2D eigenvalue weighted by atomic mass is 32.2. The van der Waals surface area contributed by atoms with Crippen LogP contribution in [0.1, 0.15) is 67.2 Å². The Hall–Kier alpha value is -3.11. The summed E-state index contributed by atoms with van der Waals surface area (Å²) < 4.78 is 104.